The normalized spacial score (nSPS) is 16.1. The van der Waals surface area contributed by atoms with Crippen LogP contribution in [0.4, 0.5) is 0 Å². The zero-order chi connectivity index (χ0) is 19.4. The van der Waals surface area contributed by atoms with Crippen molar-refractivity contribution in [3.63, 3.8) is 0 Å². The number of aromatic nitrogens is 2. The van der Waals surface area contributed by atoms with Crippen molar-refractivity contribution < 1.29 is 14.3 Å². The molecule has 0 saturated heterocycles. The van der Waals surface area contributed by atoms with E-state index in [9.17, 15) is 9.59 Å². The number of ether oxygens (including phenoxy) is 1. The second-order valence-electron chi connectivity index (χ2n) is 6.85. The molecule has 2 aromatic rings. The molecular weight excluding hydrogens is 344 g/mol. The van der Waals surface area contributed by atoms with Crippen LogP contribution >= 0.6 is 0 Å². The predicted molar refractivity (Wildman–Crippen MR) is 101 cm³/mol. The summed E-state index contributed by atoms with van der Waals surface area (Å²) in [7, 11) is 1.60. The molecule has 0 fully saturated rings. The molecule has 0 bridgehead atoms. The third-order valence-corrected chi connectivity index (χ3v) is 4.78. The van der Waals surface area contributed by atoms with Gasteiger partial charge in [-0.25, -0.2) is 4.98 Å². The minimum Gasteiger partial charge on any atom is -0.383 e. The summed E-state index contributed by atoms with van der Waals surface area (Å²) in [6.07, 6.45) is 2.14. The Balaban J connectivity index is 1.70. The Morgan fingerprint density at radius 2 is 2.15 bits per heavy atom. The van der Waals surface area contributed by atoms with Gasteiger partial charge in [0.2, 0.25) is 5.91 Å². The van der Waals surface area contributed by atoms with Gasteiger partial charge in [-0.15, -0.1) is 0 Å². The lowest BCUT2D eigenvalue weighted by atomic mass is 10.1. The number of hydrogen-bond donors (Lipinski definition) is 1. The van der Waals surface area contributed by atoms with Crippen molar-refractivity contribution in [2.45, 2.75) is 32.9 Å². The summed E-state index contributed by atoms with van der Waals surface area (Å²) in [5, 5.41) is 2.80. The van der Waals surface area contributed by atoms with Gasteiger partial charge in [0.1, 0.15) is 5.82 Å². The van der Waals surface area contributed by atoms with Crippen molar-refractivity contribution in [3.05, 3.63) is 53.1 Å². The first-order chi connectivity index (χ1) is 13.0. The SMILES string of the molecule is COCCNC(=O)Cc1cn2c(n1)[C@@H](C)N(C(=O)c1cccc(C)c1)CC2. The molecule has 1 aromatic carbocycles. The Bertz CT molecular complexity index is 830. The largest absolute Gasteiger partial charge is 0.383 e. The second-order valence-corrected chi connectivity index (χ2v) is 6.85. The molecule has 3 rings (SSSR count). The summed E-state index contributed by atoms with van der Waals surface area (Å²) in [4.78, 5) is 31.4. The number of carbonyl (C=O) groups is 2. The van der Waals surface area contributed by atoms with Crippen LogP contribution in [0.1, 0.15) is 40.4 Å². The van der Waals surface area contributed by atoms with E-state index >= 15 is 0 Å². The van der Waals surface area contributed by atoms with Gasteiger partial charge in [-0.3, -0.25) is 9.59 Å². The molecule has 1 aliphatic heterocycles. The smallest absolute Gasteiger partial charge is 0.254 e. The number of amides is 2. The maximum Gasteiger partial charge on any atom is 0.254 e. The third-order valence-electron chi connectivity index (χ3n) is 4.78. The molecule has 1 aromatic heterocycles. The molecule has 2 amide bonds. The van der Waals surface area contributed by atoms with Crippen LogP contribution in [0.15, 0.2) is 30.5 Å². The number of rotatable bonds is 6. The van der Waals surface area contributed by atoms with E-state index in [0.29, 0.717) is 31.8 Å². The van der Waals surface area contributed by atoms with Gasteiger partial charge in [0, 0.05) is 38.5 Å². The number of nitrogens with one attached hydrogen (secondary N) is 1. The summed E-state index contributed by atoms with van der Waals surface area (Å²) < 4.78 is 6.97. The van der Waals surface area contributed by atoms with Crippen LogP contribution in [-0.4, -0.2) is 53.1 Å². The Hall–Kier alpha value is -2.67. The Morgan fingerprint density at radius 3 is 2.89 bits per heavy atom. The van der Waals surface area contributed by atoms with E-state index in [2.05, 4.69) is 10.3 Å². The molecular formula is C20H26N4O3. The number of carbonyl (C=O) groups excluding carboxylic acids is 2. The van der Waals surface area contributed by atoms with Crippen LogP contribution in [-0.2, 0) is 22.5 Å². The Kier molecular flexibility index (Phi) is 5.91. The molecule has 0 saturated carbocycles. The first-order valence-electron chi connectivity index (χ1n) is 9.19. The molecule has 0 unspecified atom stereocenters. The topological polar surface area (TPSA) is 76.5 Å². The lowest BCUT2D eigenvalue weighted by Gasteiger charge is -2.33. The van der Waals surface area contributed by atoms with Gasteiger partial charge in [0.15, 0.2) is 0 Å². The fraction of sp³-hybridized carbons (Fsp3) is 0.450. The number of nitrogens with zero attached hydrogens (tertiary/aromatic N) is 3. The van der Waals surface area contributed by atoms with Crippen LogP contribution < -0.4 is 5.32 Å². The van der Waals surface area contributed by atoms with Crippen molar-refractivity contribution in [2.24, 2.45) is 0 Å². The highest BCUT2D eigenvalue weighted by Crippen LogP contribution is 2.26. The highest BCUT2D eigenvalue weighted by atomic mass is 16.5. The van der Waals surface area contributed by atoms with E-state index in [1.807, 2.05) is 53.8 Å². The van der Waals surface area contributed by atoms with Gasteiger partial charge in [-0.2, -0.15) is 0 Å². The molecule has 1 aliphatic rings. The van der Waals surface area contributed by atoms with E-state index in [4.69, 9.17) is 4.74 Å². The lowest BCUT2D eigenvalue weighted by molar-refractivity contribution is -0.120. The van der Waals surface area contributed by atoms with E-state index in [1.165, 1.54) is 0 Å². The van der Waals surface area contributed by atoms with E-state index in [1.54, 1.807) is 7.11 Å². The summed E-state index contributed by atoms with van der Waals surface area (Å²) in [5.74, 6) is 0.754. The standard InChI is InChI=1S/C20H26N4O3/c1-14-5-4-6-16(11-14)20(26)24-9-8-23-13-17(22-19(23)15(24)2)12-18(25)21-7-10-27-3/h4-6,11,13,15H,7-10,12H2,1-3H3,(H,21,25)/t15-/m1/s1. The molecule has 7 nitrogen and oxygen atoms in total. The minimum absolute atomic E-state index is 0.0132. The van der Waals surface area contributed by atoms with Crippen molar-refractivity contribution in [2.75, 3.05) is 26.8 Å². The molecule has 7 heteroatoms. The van der Waals surface area contributed by atoms with E-state index in [0.717, 1.165) is 17.1 Å². The summed E-state index contributed by atoms with van der Waals surface area (Å²) >= 11 is 0. The highest BCUT2D eigenvalue weighted by molar-refractivity contribution is 5.94. The van der Waals surface area contributed by atoms with Crippen LogP contribution in [0.25, 0.3) is 0 Å². The van der Waals surface area contributed by atoms with E-state index < -0.39 is 0 Å². The fourth-order valence-corrected chi connectivity index (χ4v) is 3.37. The van der Waals surface area contributed by atoms with E-state index in [-0.39, 0.29) is 24.3 Å². The molecule has 0 aliphatic carbocycles. The monoisotopic (exact) mass is 370 g/mol. The molecule has 2 heterocycles. The molecule has 0 radical (unpaired) electrons. The van der Waals surface area contributed by atoms with Crippen LogP contribution in [0, 0.1) is 6.92 Å². The zero-order valence-corrected chi connectivity index (χ0v) is 16.1. The van der Waals surface area contributed by atoms with Gasteiger partial charge in [0.05, 0.1) is 24.8 Å². The minimum atomic E-state index is -0.142. The summed E-state index contributed by atoms with van der Waals surface area (Å²) in [5.41, 5.74) is 2.48. The van der Waals surface area contributed by atoms with Gasteiger partial charge in [-0.05, 0) is 26.0 Å². The second kappa shape index (κ2) is 8.35. The number of benzene rings is 1. The highest BCUT2D eigenvalue weighted by Gasteiger charge is 2.30. The van der Waals surface area contributed by atoms with Crippen molar-refractivity contribution in [3.8, 4) is 0 Å². The average molecular weight is 370 g/mol. The maximum atomic E-state index is 12.9. The summed E-state index contributed by atoms with van der Waals surface area (Å²) in [6, 6.07) is 7.49. The Labute approximate surface area is 159 Å². The number of imidazole rings is 1. The molecule has 1 atom stereocenters. The number of methoxy groups -OCH3 is 1. The molecule has 1 N–H and O–H groups in total. The van der Waals surface area contributed by atoms with Crippen LogP contribution in [0.3, 0.4) is 0 Å². The zero-order valence-electron chi connectivity index (χ0n) is 16.1. The van der Waals surface area contributed by atoms with Gasteiger partial charge in [0.25, 0.3) is 5.91 Å². The first kappa shape index (κ1) is 19.1. The quantitative estimate of drug-likeness (QED) is 0.786. The predicted octanol–water partition coefficient (Wildman–Crippen LogP) is 1.71. The summed E-state index contributed by atoms with van der Waals surface area (Å²) in [6.45, 7) is 6.23. The van der Waals surface area contributed by atoms with Crippen LogP contribution in [0.5, 0.6) is 0 Å². The Morgan fingerprint density at radius 1 is 1.33 bits per heavy atom. The van der Waals surface area contributed by atoms with Crippen LogP contribution in [0.2, 0.25) is 0 Å². The molecule has 144 valence electrons. The number of aryl methyl sites for hydroxylation is 1. The van der Waals surface area contributed by atoms with Crippen molar-refractivity contribution in [1.29, 1.82) is 0 Å². The maximum absolute atomic E-state index is 12.9. The fourth-order valence-electron chi connectivity index (χ4n) is 3.37. The van der Waals surface area contributed by atoms with Gasteiger partial charge < -0.3 is 19.5 Å². The molecule has 0 spiro atoms. The average Bonchev–Trinajstić information content (AvgIpc) is 3.05. The van der Waals surface area contributed by atoms with Gasteiger partial charge >= 0.3 is 0 Å². The number of hydrogen-bond acceptors (Lipinski definition) is 4. The van der Waals surface area contributed by atoms with Gasteiger partial charge in [-0.1, -0.05) is 17.7 Å². The van der Waals surface area contributed by atoms with Crippen molar-refractivity contribution in [1.82, 2.24) is 19.8 Å². The number of fused-ring (bicyclic) bond motifs is 1. The van der Waals surface area contributed by atoms with Crippen molar-refractivity contribution >= 4 is 11.8 Å². The first-order valence-corrected chi connectivity index (χ1v) is 9.19. The lowest BCUT2D eigenvalue weighted by Crippen LogP contribution is -2.41. The third kappa shape index (κ3) is 4.36. The molecule has 27 heavy (non-hydrogen) atoms.